The summed E-state index contributed by atoms with van der Waals surface area (Å²) in [4.78, 5) is 17.8. The fraction of sp³-hybridized carbons (Fsp3) is 0.222. The first-order valence-electron chi connectivity index (χ1n) is 11.7. The van der Waals surface area contributed by atoms with Crippen LogP contribution in [-0.4, -0.2) is 31.1 Å². The number of H-pyrrole nitrogens is 1. The van der Waals surface area contributed by atoms with E-state index in [4.69, 9.17) is 0 Å². The van der Waals surface area contributed by atoms with Gasteiger partial charge in [-0.15, -0.1) is 5.10 Å². The number of carbonyl (C=O) groups is 1. The van der Waals surface area contributed by atoms with E-state index in [2.05, 4.69) is 86.5 Å². The van der Waals surface area contributed by atoms with Gasteiger partial charge in [-0.25, -0.2) is 5.10 Å². The second kappa shape index (κ2) is 8.70. The Morgan fingerprint density at radius 1 is 1.06 bits per heavy atom. The lowest BCUT2D eigenvalue weighted by atomic mass is 9.98. The maximum Gasteiger partial charge on any atom is 0.251 e. The second-order valence-electron chi connectivity index (χ2n) is 9.09. The van der Waals surface area contributed by atoms with Crippen molar-refractivity contribution in [1.29, 1.82) is 0 Å². The van der Waals surface area contributed by atoms with Crippen LogP contribution in [0.4, 0.5) is 0 Å². The van der Waals surface area contributed by atoms with Gasteiger partial charge in [0.05, 0.1) is 16.8 Å². The van der Waals surface area contributed by atoms with E-state index in [0.29, 0.717) is 12.4 Å². The van der Waals surface area contributed by atoms with Gasteiger partial charge in [0.1, 0.15) is 0 Å². The summed E-state index contributed by atoms with van der Waals surface area (Å²) in [6, 6.07) is 21.0. The predicted octanol–water partition coefficient (Wildman–Crippen LogP) is 5.05. The Morgan fingerprint density at radius 3 is 2.51 bits per heavy atom. The molecule has 0 atom stereocenters. The van der Waals surface area contributed by atoms with E-state index in [1.807, 2.05) is 18.2 Å². The summed E-state index contributed by atoms with van der Waals surface area (Å²) in [5.74, 6) is 0.755. The molecule has 0 radical (unpaired) electrons. The monoisotopic (exact) mass is 480 g/mol. The molecule has 5 aromatic rings. The molecule has 174 valence electrons. The van der Waals surface area contributed by atoms with E-state index in [1.54, 1.807) is 11.3 Å². The molecular weight excluding hydrogens is 456 g/mol. The number of fused-ring (bicyclic) bond motifs is 1. The van der Waals surface area contributed by atoms with Crippen LogP contribution < -0.4 is 4.80 Å². The molecule has 0 bridgehead atoms. The first-order chi connectivity index (χ1) is 17.1. The zero-order chi connectivity index (χ0) is 23.9. The minimum atomic E-state index is 0.00705. The summed E-state index contributed by atoms with van der Waals surface area (Å²) < 4.78 is 3.33. The Bertz CT molecular complexity index is 1610. The number of benzene rings is 3. The molecule has 35 heavy (non-hydrogen) atoms. The smallest absolute Gasteiger partial charge is 0.251 e. The Morgan fingerprint density at radius 2 is 1.80 bits per heavy atom. The molecule has 0 saturated heterocycles. The number of thiazole rings is 1. The topological polar surface area (TPSA) is 88.8 Å². The highest BCUT2D eigenvalue weighted by molar-refractivity contribution is 7.16. The molecule has 0 spiro atoms. The summed E-state index contributed by atoms with van der Waals surface area (Å²) in [6.45, 7) is 4.89. The molecule has 1 amide bonds. The molecule has 1 N–H and O–H groups in total. The maximum atomic E-state index is 12.5. The third-order valence-corrected chi connectivity index (χ3v) is 7.60. The number of hydrogen-bond donors (Lipinski definition) is 1. The number of hydrogen-bond acceptors (Lipinski definition) is 5. The van der Waals surface area contributed by atoms with Crippen molar-refractivity contribution in [2.24, 2.45) is 10.9 Å². The standard InChI is InChI=1S/C27H24N6OS/c1-16-13-23-24(14-17(16)2)35-27(28-26(34)20-11-12-20)33(23)15-18-7-9-19(10-8-18)21-5-3-4-6-22(21)25-29-31-32-30-25/h3-10,13-14,20H,11-12,15H2,1-2H3,(H,29,30,31,32). The molecule has 0 unspecified atom stereocenters. The van der Waals surface area contributed by atoms with E-state index < -0.39 is 0 Å². The van der Waals surface area contributed by atoms with Gasteiger partial charge in [-0.05, 0) is 77.1 Å². The van der Waals surface area contributed by atoms with E-state index in [1.165, 1.54) is 11.1 Å². The Hall–Kier alpha value is -3.91. The van der Waals surface area contributed by atoms with Gasteiger partial charge in [-0.3, -0.25) is 4.79 Å². The van der Waals surface area contributed by atoms with Gasteiger partial charge in [0.2, 0.25) is 0 Å². The van der Waals surface area contributed by atoms with E-state index in [-0.39, 0.29) is 11.8 Å². The third kappa shape index (κ3) is 4.21. The molecule has 1 fully saturated rings. The summed E-state index contributed by atoms with van der Waals surface area (Å²) in [5.41, 5.74) is 7.84. The highest BCUT2D eigenvalue weighted by atomic mass is 32.1. The van der Waals surface area contributed by atoms with Crippen molar-refractivity contribution in [3.63, 3.8) is 0 Å². The van der Waals surface area contributed by atoms with Crippen LogP contribution >= 0.6 is 11.3 Å². The van der Waals surface area contributed by atoms with E-state index >= 15 is 0 Å². The first-order valence-corrected chi connectivity index (χ1v) is 12.5. The van der Waals surface area contributed by atoms with Crippen LogP contribution in [0.2, 0.25) is 0 Å². The molecular formula is C27H24N6OS. The first kappa shape index (κ1) is 21.6. The SMILES string of the molecule is Cc1cc2sc(=NC(=O)C3CC3)n(Cc3ccc(-c4ccccc4-c4nnn[nH]4)cc3)c2cc1C. The number of aromatic nitrogens is 5. The normalized spacial score (nSPS) is 14.1. The van der Waals surface area contributed by atoms with Gasteiger partial charge in [0.15, 0.2) is 10.6 Å². The van der Waals surface area contributed by atoms with Gasteiger partial charge in [0, 0.05) is 11.5 Å². The lowest BCUT2D eigenvalue weighted by molar-refractivity contribution is -0.119. The number of aromatic amines is 1. The van der Waals surface area contributed by atoms with Crippen LogP contribution in [0.15, 0.2) is 65.7 Å². The van der Waals surface area contributed by atoms with Crippen molar-refractivity contribution in [3.8, 4) is 22.5 Å². The fourth-order valence-electron chi connectivity index (χ4n) is 4.26. The molecule has 3 aromatic carbocycles. The predicted molar refractivity (Wildman–Crippen MR) is 137 cm³/mol. The molecule has 2 aromatic heterocycles. The van der Waals surface area contributed by atoms with Gasteiger partial charge in [-0.2, -0.15) is 4.99 Å². The summed E-state index contributed by atoms with van der Waals surface area (Å²) in [6.07, 6.45) is 1.91. The van der Waals surface area contributed by atoms with Crippen LogP contribution in [-0.2, 0) is 11.3 Å². The fourth-order valence-corrected chi connectivity index (χ4v) is 5.38. The van der Waals surface area contributed by atoms with Crippen molar-refractivity contribution in [1.82, 2.24) is 25.2 Å². The lowest BCUT2D eigenvalue weighted by Crippen LogP contribution is -2.18. The summed E-state index contributed by atoms with van der Waals surface area (Å²) >= 11 is 1.59. The van der Waals surface area contributed by atoms with Gasteiger partial charge < -0.3 is 4.57 Å². The van der Waals surface area contributed by atoms with Crippen LogP contribution in [0.25, 0.3) is 32.7 Å². The largest absolute Gasteiger partial charge is 0.312 e. The number of aryl methyl sites for hydroxylation is 2. The van der Waals surface area contributed by atoms with Gasteiger partial charge >= 0.3 is 0 Å². The lowest BCUT2D eigenvalue weighted by Gasteiger charge is -2.10. The molecule has 1 aliphatic rings. The molecule has 7 nitrogen and oxygen atoms in total. The number of rotatable bonds is 5. The molecule has 0 aliphatic heterocycles. The van der Waals surface area contributed by atoms with Crippen LogP contribution in [0.1, 0.15) is 29.5 Å². The van der Waals surface area contributed by atoms with Gasteiger partial charge in [-0.1, -0.05) is 59.9 Å². The zero-order valence-corrected chi connectivity index (χ0v) is 20.3. The Labute approximate surface area is 206 Å². The van der Waals surface area contributed by atoms with E-state index in [0.717, 1.165) is 50.1 Å². The summed E-state index contributed by atoms with van der Waals surface area (Å²) in [5, 5.41) is 14.4. The van der Waals surface area contributed by atoms with E-state index in [9.17, 15) is 4.79 Å². The average molecular weight is 481 g/mol. The number of tetrazole rings is 1. The maximum absolute atomic E-state index is 12.5. The minimum Gasteiger partial charge on any atom is -0.312 e. The van der Waals surface area contributed by atoms with Crippen LogP contribution in [0.5, 0.6) is 0 Å². The third-order valence-electron chi connectivity index (χ3n) is 6.56. The quantitative estimate of drug-likeness (QED) is 0.381. The Balaban J connectivity index is 1.38. The second-order valence-corrected chi connectivity index (χ2v) is 10.1. The molecule has 1 aliphatic carbocycles. The van der Waals surface area contributed by atoms with Crippen LogP contribution in [0, 0.1) is 19.8 Å². The highest BCUT2D eigenvalue weighted by Crippen LogP contribution is 2.31. The molecule has 6 rings (SSSR count). The van der Waals surface area contributed by atoms with Crippen molar-refractivity contribution in [2.75, 3.05) is 0 Å². The average Bonchev–Trinajstić information content (AvgIpc) is 3.50. The zero-order valence-electron chi connectivity index (χ0n) is 19.5. The number of nitrogens with zero attached hydrogens (tertiary/aromatic N) is 5. The minimum absolute atomic E-state index is 0.00705. The molecule has 1 saturated carbocycles. The van der Waals surface area contributed by atoms with Gasteiger partial charge in [0.25, 0.3) is 5.91 Å². The Kier molecular flexibility index (Phi) is 5.37. The number of amides is 1. The van der Waals surface area contributed by atoms with Crippen LogP contribution in [0.3, 0.4) is 0 Å². The van der Waals surface area contributed by atoms with Crippen molar-refractivity contribution in [2.45, 2.75) is 33.2 Å². The summed E-state index contributed by atoms with van der Waals surface area (Å²) in [7, 11) is 0. The number of carbonyl (C=O) groups excluding carboxylic acids is 1. The highest BCUT2D eigenvalue weighted by Gasteiger charge is 2.29. The molecule has 8 heteroatoms. The molecule has 2 heterocycles. The van der Waals surface area contributed by atoms with Crippen molar-refractivity contribution >= 4 is 27.5 Å². The number of nitrogens with one attached hydrogen (secondary N) is 1. The van der Waals surface area contributed by atoms with Crippen molar-refractivity contribution < 1.29 is 4.79 Å². The van der Waals surface area contributed by atoms with Crippen molar-refractivity contribution in [3.05, 3.63) is 82.2 Å².